The number of Topliss-reactive ketones (excluding diaryl/α,β-unsaturated/α-hetero) is 5. The Hall–Kier alpha value is -6.74. The van der Waals surface area contributed by atoms with Crippen molar-refractivity contribution < 1.29 is 125 Å². The molecule has 5 amide bonds. The van der Waals surface area contributed by atoms with Crippen molar-refractivity contribution >= 4 is 82.3 Å². The Kier molecular flexibility index (Phi) is 70.1. The van der Waals surface area contributed by atoms with Crippen LogP contribution in [-0.4, -0.2) is 241 Å². The average molecular weight is 1590 g/mol. The molecule has 9 N–H and O–H groups in total. The number of ketones is 5. The number of carbonyl (C=O) groups is 14. The van der Waals surface area contributed by atoms with E-state index < -0.39 is 66.0 Å². The van der Waals surface area contributed by atoms with Gasteiger partial charge >= 0.3 is 23.9 Å². The second-order valence-electron chi connectivity index (χ2n) is 28.4. The van der Waals surface area contributed by atoms with Gasteiger partial charge in [0.1, 0.15) is 49.8 Å². The number of carboxylic acid groups (broad SMARTS) is 4. The van der Waals surface area contributed by atoms with Gasteiger partial charge in [-0.05, 0) is 84.0 Å². The largest absolute Gasteiger partial charge is 0.481 e. The Labute approximate surface area is 658 Å². The van der Waals surface area contributed by atoms with E-state index in [4.69, 9.17) is 48.1 Å². The van der Waals surface area contributed by atoms with Crippen LogP contribution >= 0.6 is 0 Å². The number of aliphatic carboxylic acids is 4. The van der Waals surface area contributed by atoms with E-state index in [0.29, 0.717) is 97.0 Å². The van der Waals surface area contributed by atoms with Crippen LogP contribution in [0.2, 0.25) is 0 Å². The number of hydrogen-bond donors (Lipinski definition) is 9. The first-order valence-electron chi connectivity index (χ1n) is 41.0. The lowest BCUT2D eigenvalue weighted by Crippen LogP contribution is -2.43. The highest BCUT2D eigenvalue weighted by Gasteiger charge is 2.25. The summed E-state index contributed by atoms with van der Waals surface area (Å²) in [5.74, 6) is -8.28. The van der Waals surface area contributed by atoms with Crippen molar-refractivity contribution in [3.05, 3.63) is 0 Å². The number of rotatable bonds is 85. The molecule has 111 heavy (non-hydrogen) atoms. The molecule has 31 heteroatoms. The van der Waals surface area contributed by atoms with Gasteiger partial charge in [-0.1, -0.05) is 122 Å². The Bertz CT molecular complexity index is 2560. The molecule has 0 rings (SSSR count). The summed E-state index contributed by atoms with van der Waals surface area (Å²) in [6.45, 7) is 5.96. The predicted octanol–water partition coefficient (Wildman–Crippen LogP) is 8.75. The van der Waals surface area contributed by atoms with Crippen LogP contribution in [0.4, 0.5) is 0 Å². The van der Waals surface area contributed by atoms with Gasteiger partial charge in [-0.25, -0.2) is 4.79 Å². The lowest BCUT2D eigenvalue weighted by molar-refractivity contribution is -0.145. The van der Waals surface area contributed by atoms with Gasteiger partial charge in [0.2, 0.25) is 29.5 Å². The molecule has 0 aromatic rings. The zero-order valence-electron chi connectivity index (χ0n) is 67.0. The van der Waals surface area contributed by atoms with Crippen LogP contribution in [0.5, 0.6) is 0 Å². The first kappa shape index (κ1) is 104. The number of amides is 5. The maximum Gasteiger partial charge on any atom is 0.326 e. The van der Waals surface area contributed by atoms with Gasteiger partial charge in [0, 0.05) is 115 Å². The standard InChI is InChI=1S/C80H139N5O26/c1-63(29-23-25-41-82-74(93)40-38-70(80(102)103)85-76(95)62-111-56-50-105-46-28-33-68(88)59-108-53-51-106-47-43-83-72(91)34-20-16-12-8-4-6-10-14-18-22-36-78(98)99)71(90)58-65(64(2)86)30-24-26-42-81-73(92)39-37-66(79(100)101)57-69(89)60-109-54-52-107-48-44-84-75(94)61-110-55-49-104-45-27-32-67(87)31-19-15-11-7-3-5-9-13-17-21-35-77(96)97/h63,65-66,70H,3-62H2,1-2H3,(H,81,92)(H,82,93)(H,83,91)(H,84,94)(H,85,95)(H,96,97)(H,98,99)(H,100,101)(H,102,103)/t63-,65+,66+,70-/m0/s1. The second-order valence-corrected chi connectivity index (χ2v) is 28.4. The minimum atomic E-state index is -1.33. The SMILES string of the molecule is CC(=O)[C@H](CCCCNC(=O)CC[C@H](CC(=O)COCCOCCNC(=O)COCCOCCCC(=O)CCCCCCCCCCCCC(=O)O)C(=O)O)CC(=O)[C@@H](C)CCCCNC(=O)CC[C@H](NC(=O)COCCOCCCC(=O)COCCOCCNC(=O)CCCCCCCCCCCCC(=O)O)C(=O)O. The summed E-state index contributed by atoms with van der Waals surface area (Å²) in [6.07, 6.45) is 26.5. The quantitative estimate of drug-likeness (QED) is 0.0257. The monoisotopic (exact) mass is 1590 g/mol. The van der Waals surface area contributed by atoms with E-state index in [-0.39, 0.29) is 203 Å². The smallest absolute Gasteiger partial charge is 0.326 e. The predicted molar refractivity (Wildman–Crippen MR) is 413 cm³/mol. The molecular formula is C80H139N5O26. The summed E-state index contributed by atoms with van der Waals surface area (Å²) in [6, 6.07) is -1.33. The minimum Gasteiger partial charge on any atom is -0.481 e. The van der Waals surface area contributed by atoms with Crippen molar-refractivity contribution in [3.63, 3.8) is 0 Å². The van der Waals surface area contributed by atoms with Crippen molar-refractivity contribution in [1.82, 2.24) is 26.6 Å². The molecule has 0 saturated carbocycles. The zero-order chi connectivity index (χ0) is 82.0. The molecule has 0 bridgehead atoms. The summed E-state index contributed by atoms with van der Waals surface area (Å²) in [4.78, 5) is 169. The highest BCUT2D eigenvalue weighted by molar-refractivity contribution is 5.88. The van der Waals surface area contributed by atoms with E-state index in [2.05, 4.69) is 26.6 Å². The van der Waals surface area contributed by atoms with Crippen LogP contribution in [0.1, 0.15) is 271 Å². The lowest BCUT2D eigenvalue weighted by Gasteiger charge is -2.17. The molecule has 31 nitrogen and oxygen atoms in total. The van der Waals surface area contributed by atoms with Crippen LogP contribution in [0, 0.1) is 17.8 Å². The molecule has 0 aromatic carbocycles. The summed E-state index contributed by atoms with van der Waals surface area (Å²) in [7, 11) is 0. The Morgan fingerprint density at radius 1 is 0.279 bits per heavy atom. The fourth-order valence-corrected chi connectivity index (χ4v) is 11.7. The number of hydrogen-bond acceptors (Lipinski definition) is 22. The molecule has 0 unspecified atom stereocenters. The van der Waals surface area contributed by atoms with Crippen molar-refractivity contribution in [2.75, 3.05) is 132 Å². The van der Waals surface area contributed by atoms with Gasteiger partial charge in [0.05, 0.1) is 72.0 Å². The molecule has 0 spiro atoms. The topological polar surface area (TPSA) is 454 Å². The van der Waals surface area contributed by atoms with Crippen LogP contribution in [0.25, 0.3) is 0 Å². The van der Waals surface area contributed by atoms with Crippen LogP contribution in [0.3, 0.4) is 0 Å². The molecular weight excluding hydrogens is 1450 g/mol. The lowest BCUT2D eigenvalue weighted by atomic mass is 9.87. The van der Waals surface area contributed by atoms with E-state index >= 15 is 0 Å². The average Bonchev–Trinajstić information content (AvgIpc) is 0.920. The van der Waals surface area contributed by atoms with Gasteiger partial charge < -0.3 is 84.9 Å². The van der Waals surface area contributed by atoms with Crippen LogP contribution in [0.15, 0.2) is 0 Å². The fraction of sp³-hybridized carbons (Fsp3) is 0.825. The van der Waals surface area contributed by atoms with Gasteiger partial charge in [-0.3, -0.25) is 62.3 Å². The van der Waals surface area contributed by atoms with E-state index in [0.717, 1.165) is 116 Å². The Balaban J connectivity index is 4.00. The number of ether oxygens (including phenoxy) is 8. The van der Waals surface area contributed by atoms with Crippen LogP contribution in [-0.2, 0) is 105 Å². The number of carboxylic acids is 4. The molecule has 0 aromatic heterocycles. The van der Waals surface area contributed by atoms with Gasteiger partial charge in [-0.2, -0.15) is 0 Å². The molecule has 0 aliphatic rings. The highest BCUT2D eigenvalue weighted by atomic mass is 16.5. The maximum absolute atomic E-state index is 13.1. The van der Waals surface area contributed by atoms with Crippen molar-refractivity contribution in [2.45, 2.75) is 277 Å². The molecule has 0 saturated heterocycles. The third-order valence-electron chi connectivity index (χ3n) is 18.3. The minimum absolute atomic E-state index is 0.00808. The van der Waals surface area contributed by atoms with Gasteiger partial charge in [0.25, 0.3) is 0 Å². The molecule has 0 aliphatic carbocycles. The molecule has 0 aliphatic heterocycles. The summed E-state index contributed by atoms with van der Waals surface area (Å²) >= 11 is 0. The van der Waals surface area contributed by atoms with Crippen LogP contribution < -0.4 is 26.6 Å². The summed E-state index contributed by atoms with van der Waals surface area (Å²) < 4.78 is 43.2. The van der Waals surface area contributed by atoms with Gasteiger partial charge in [0.15, 0.2) is 11.6 Å². The maximum atomic E-state index is 13.1. The number of unbranched alkanes of at least 4 members (excludes halogenated alkanes) is 20. The number of carbonyl (C=O) groups excluding carboxylic acids is 10. The fourth-order valence-electron chi connectivity index (χ4n) is 11.7. The highest BCUT2D eigenvalue weighted by Crippen LogP contribution is 2.21. The van der Waals surface area contributed by atoms with Gasteiger partial charge in [-0.15, -0.1) is 0 Å². The Morgan fingerprint density at radius 3 is 1.12 bits per heavy atom. The van der Waals surface area contributed by atoms with Crippen molar-refractivity contribution in [3.8, 4) is 0 Å². The van der Waals surface area contributed by atoms with Crippen molar-refractivity contribution in [2.24, 2.45) is 17.8 Å². The Morgan fingerprint density at radius 2 is 0.649 bits per heavy atom. The second kappa shape index (κ2) is 74.7. The third-order valence-corrected chi connectivity index (χ3v) is 18.3. The molecule has 0 heterocycles. The molecule has 0 radical (unpaired) electrons. The number of nitrogens with one attached hydrogen (secondary N) is 5. The molecule has 4 atom stereocenters. The molecule has 640 valence electrons. The third kappa shape index (κ3) is 72.0. The summed E-state index contributed by atoms with van der Waals surface area (Å²) in [5.41, 5.74) is 0. The normalized spacial score (nSPS) is 12.3. The van der Waals surface area contributed by atoms with E-state index in [9.17, 15) is 77.3 Å². The van der Waals surface area contributed by atoms with E-state index in [1.165, 1.54) is 19.8 Å². The van der Waals surface area contributed by atoms with E-state index in [1.807, 2.05) is 0 Å². The zero-order valence-corrected chi connectivity index (χ0v) is 67.0. The summed E-state index contributed by atoms with van der Waals surface area (Å²) in [5, 5.41) is 50.1. The molecule has 0 fully saturated rings. The van der Waals surface area contributed by atoms with E-state index in [1.54, 1.807) is 6.92 Å². The first-order chi connectivity index (χ1) is 53.5. The first-order valence-corrected chi connectivity index (χ1v) is 41.0. The van der Waals surface area contributed by atoms with Crippen molar-refractivity contribution in [1.29, 1.82) is 0 Å².